The van der Waals surface area contributed by atoms with Gasteiger partial charge in [-0.3, -0.25) is 0 Å². The van der Waals surface area contributed by atoms with Gasteiger partial charge in [0.05, 0.1) is 11.4 Å². The lowest BCUT2D eigenvalue weighted by Crippen LogP contribution is -2.12. The van der Waals surface area contributed by atoms with Crippen LogP contribution < -0.4 is 4.90 Å². The minimum atomic E-state index is 1.09. The molecule has 0 unspecified atom stereocenters. The Morgan fingerprint density at radius 3 is 1.39 bits per heavy atom. The summed E-state index contributed by atoms with van der Waals surface area (Å²) >= 11 is 3.73. The number of thiophene rings is 2. The van der Waals surface area contributed by atoms with E-state index in [1.165, 1.54) is 95.6 Å². The standard InChI is InChI=1S/C58H37NS2/c1-2-16-43-39(14-1)15-13-23-45(43)46-18-3-4-19-47(46)48-20-6-10-25-54(48)59(42-32-28-38(29-33-42)40-30-34-51-49-21-7-11-26-55(49)60-57(51)36-40)53-24-9-5-17-44(53)41-31-35-52-50-22-8-12-27-56(50)61-58(52)37-41/h1-37H. The van der Waals surface area contributed by atoms with Gasteiger partial charge in [-0.1, -0.05) is 176 Å². The van der Waals surface area contributed by atoms with Crippen molar-refractivity contribution < 1.29 is 0 Å². The summed E-state index contributed by atoms with van der Waals surface area (Å²) in [5.74, 6) is 0. The first-order valence-electron chi connectivity index (χ1n) is 20.7. The van der Waals surface area contributed by atoms with Crippen molar-refractivity contribution in [1.82, 2.24) is 0 Å². The Morgan fingerprint density at radius 2 is 0.705 bits per heavy atom. The van der Waals surface area contributed by atoms with Crippen molar-refractivity contribution in [3.05, 3.63) is 224 Å². The van der Waals surface area contributed by atoms with E-state index >= 15 is 0 Å². The van der Waals surface area contributed by atoms with Crippen LogP contribution in [0.2, 0.25) is 0 Å². The number of anilines is 3. The van der Waals surface area contributed by atoms with Gasteiger partial charge < -0.3 is 4.90 Å². The summed E-state index contributed by atoms with van der Waals surface area (Å²) in [5.41, 5.74) is 12.9. The molecule has 286 valence electrons. The average Bonchev–Trinajstić information content (AvgIpc) is 3.90. The zero-order valence-electron chi connectivity index (χ0n) is 33.1. The van der Waals surface area contributed by atoms with Crippen LogP contribution in [0.4, 0.5) is 17.1 Å². The van der Waals surface area contributed by atoms with Crippen molar-refractivity contribution >= 4 is 90.9 Å². The Bertz CT molecular complexity index is 3600. The molecular formula is C58H37NS2. The molecule has 10 aromatic carbocycles. The molecule has 0 atom stereocenters. The van der Waals surface area contributed by atoms with Gasteiger partial charge in [0.1, 0.15) is 0 Å². The second-order valence-electron chi connectivity index (χ2n) is 15.6. The number of hydrogen-bond donors (Lipinski definition) is 0. The molecule has 3 heteroatoms. The van der Waals surface area contributed by atoms with Gasteiger partial charge in [-0.05, 0) is 92.7 Å². The van der Waals surface area contributed by atoms with Crippen LogP contribution in [0.25, 0.3) is 95.6 Å². The molecule has 0 aliphatic rings. The molecule has 2 aromatic heterocycles. The SMILES string of the molecule is c1ccc(-c2cccc3ccccc23)c(-c2ccccc2N(c2ccc(-c3ccc4c(c3)sc3ccccc34)cc2)c2ccccc2-c2ccc3c(c2)sc2ccccc23)c1. The van der Waals surface area contributed by atoms with Crippen LogP contribution in [0.1, 0.15) is 0 Å². The van der Waals surface area contributed by atoms with Gasteiger partial charge in [0.25, 0.3) is 0 Å². The molecule has 0 saturated heterocycles. The van der Waals surface area contributed by atoms with E-state index < -0.39 is 0 Å². The van der Waals surface area contributed by atoms with Gasteiger partial charge in [-0.2, -0.15) is 0 Å². The van der Waals surface area contributed by atoms with Crippen molar-refractivity contribution in [3.63, 3.8) is 0 Å². The molecule has 0 fully saturated rings. The number of nitrogens with zero attached hydrogens (tertiary/aromatic N) is 1. The van der Waals surface area contributed by atoms with E-state index in [1.54, 1.807) is 0 Å². The number of fused-ring (bicyclic) bond motifs is 7. The number of hydrogen-bond acceptors (Lipinski definition) is 3. The first-order chi connectivity index (χ1) is 30.2. The zero-order valence-corrected chi connectivity index (χ0v) is 34.8. The van der Waals surface area contributed by atoms with Gasteiger partial charge in [0.2, 0.25) is 0 Å². The topological polar surface area (TPSA) is 3.24 Å². The predicted octanol–water partition coefficient (Wildman–Crippen LogP) is 17.7. The van der Waals surface area contributed by atoms with E-state index in [9.17, 15) is 0 Å². The normalized spacial score (nSPS) is 11.6. The highest BCUT2D eigenvalue weighted by Crippen LogP contribution is 2.48. The molecule has 0 aliphatic heterocycles. The molecule has 12 rings (SSSR count). The van der Waals surface area contributed by atoms with Crippen molar-refractivity contribution in [2.45, 2.75) is 0 Å². The molecular weight excluding hydrogens is 775 g/mol. The lowest BCUT2D eigenvalue weighted by molar-refractivity contribution is 1.28. The van der Waals surface area contributed by atoms with Crippen LogP contribution >= 0.6 is 22.7 Å². The molecule has 0 bridgehead atoms. The third-order valence-electron chi connectivity index (χ3n) is 12.1. The van der Waals surface area contributed by atoms with Crippen LogP contribution in [0.3, 0.4) is 0 Å². The van der Waals surface area contributed by atoms with Crippen molar-refractivity contribution in [2.75, 3.05) is 4.90 Å². The van der Waals surface area contributed by atoms with Crippen LogP contribution in [0.15, 0.2) is 224 Å². The summed E-state index contributed by atoms with van der Waals surface area (Å²) in [6.45, 7) is 0. The fourth-order valence-electron chi connectivity index (χ4n) is 9.23. The van der Waals surface area contributed by atoms with Crippen LogP contribution in [-0.4, -0.2) is 0 Å². The van der Waals surface area contributed by atoms with Crippen LogP contribution in [0, 0.1) is 0 Å². The van der Waals surface area contributed by atoms with E-state index in [4.69, 9.17) is 0 Å². The first-order valence-corrected chi connectivity index (χ1v) is 22.4. The summed E-state index contributed by atoms with van der Waals surface area (Å²) < 4.78 is 5.25. The van der Waals surface area contributed by atoms with Gasteiger partial charge in [0, 0.05) is 57.2 Å². The van der Waals surface area contributed by atoms with Gasteiger partial charge >= 0.3 is 0 Å². The lowest BCUT2D eigenvalue weighted by Gasteiger charge is -2.30. The number of benzene rings is 10. The highest BCUT2D eigenvalue weighted by Gasteiger charge is 2.22. The Labute approximate surface area is 362 Å². The third-order valence-corrected chi connectivity index (χ3v) is 14.4. The van der Waals surface area contributed by atoms with E-state index in [-0.39, 0.29) is 0 Å². The molecule has 1 nitrogen and oxygen atoms in total. The summed E-state index contributed by atoms with van der Waals surface area (Å²) in [6, 6.07) is 82.5. The fourth-order valence-corrected chi connectivity index (χ4v) is 11.5. The maximum absolute atomic E-state index is 2.47. The van der Waals surface area contributed by atoms with Crippen LogP contribution in [0.5, 0.6) is 0 Å². The van der Waals surface area contributed by atoms with Gasteiger partial charge in [0.15, 0.2) is 0 Å². The van der Waals surface area contributed by atoms with Crippen molar-refractivity contribution in [3.8, 4) is 44.5 Å². The minimum absolute atomic E-state index is 1.09. The molecule has 0 radical (unpaired) electrons. The molecule has 61 heavy (non-hydrogen) atoms. The average molecular weight is 812 g/mol. The Kier molecular flexibility index (Phi) is 8.62. The Morgan fingerprint density at radius 1 is 0.262 bits per heavy atom. The minimum Gasteiger partial charge on any atom is -0.309 e. The predicted molar refractivity (Wildman–Crippen MR) is 266 cm³/mol. The molecule has 0 amide bonds. The van der Waals surface area contributed by atoms with Gasteiger partial charge in [-0.25, -0.2) is 0 Å². The van der Waals surface area contributed by atoms with Crippen molar-refractivity contribution in [2.24, 2.45) is 0 Å². The molecule has 0 N–H and O–H groups in total. The monoisotopic (exact) mass is 811 g/mol. The zero-order chi connectivity index (χ0) is 40.3. The van der Waals surface area contributed by atoms with E-state index in [1.807, 2.05) is 22.7 Å². The Hall–Kier alpha value is -7.30. The van der Waals surface area contributed by atoms with E-state index in [0.717, 1.165) is 17.1 Å². The molecule has 0 spiro atoms. The lowest BCUT2D eigenvalue weighted by atomic mass is 9.90. The first kappa shape index (κ1) is 35.6. The largest absolute Gasteiger partial charge is 0.309 e. The summed E-state index contributed by atoms with van der Waals surface area (Å²) in [5, 5.41) is 7.75. The highest BCUT2D eigenvalue weighted by molar-refractivity contribution is 7.26. The maximum atomic E-state index is 2.47. The molecule has 0 saturated carbocycles. The molecule has 2 heterocycles. The smallest absolute Gasteiger partial charge is 0.0540 e. The number of para-hydroxylation sites is 2. The molecule has 12 aromatic rings. The van der Waals surface area contributed by atoms with Crippen LogP contribution in [-0.2, 0) is 0 Å². The number of rotatable bonds is 7. The molecule has 0 aliphatic carbocycles. The highest BCUT2D eigenvalue weighted by atomic mass is 32.1. The third kappa shape index (κ3) is 6.13. The van der Waals surface area contributed by atoms with E-state index in [0.29, 0.717) is 0 Å². The van der Waals surface area contributed by atoms with Crippen molar-refractivity contribution in [1.29, 1.82) is 0 Å². The van der Waals surface area contributed by atoms with E-state index in [2.05, 4.69) is 229 Å². The van der Waals surface area contributed by atoms with Gasteiger partial charge in [-0.15, -0.1) is 22.7 Å². The maximum Gasteiger partial charge on any atom is 0.0540 e. The second kappa shape index (κ2) is 14.8. The summed E-state index contributed by atoms with van der Waals surface area (Å²) in [6.07, 6.45) is 0. The quantitative estimate of drug-likeness (QED) is 0.155. The fraction of sp³-hybridized carbons (Fsp3) is 0. The summed E-state index contributed by atoms with van der Waals surface area (Å²) in [4.78, 5) is 2.47. The Balaban J connectivity index is 1.04. The summed E-state index contributed by atoms with van der Waals surface area (Å²) in [7, 11) is 0. The second-order valence-corrected chi connectivity index (χ2v) is 17.8.